The molecule has 2 heteroatoms. The molecule has 0 spiro atoms. The van der Waals surface area contributed by atoms with E-state index in [-0.39, 0.29) is 0 Å². The molecule has 0 N–H and O–H groups in total. The van der Waals surface area contributed by atoms with Gasteiger partial charge in [0.25, 0.3) is 0 Å². The Morgan fingerprint density at radius 3 is 1.52 bits per heavy atom. The van der Waals surface area contributed by atoms with E-state index in [2.05, 4.69) is 49.1 Å². The Morgan fingerprint density at radius 2 is 1.14 bits per heavy atom. The Kier molecular flexibility index (Phi) is 16.9. The van der Waals surface area contributed by atoms with Crippen molar-refractivity contribution >= 4 is 17.7 Å². The second-order valence-corrected chi connectivity index (χ2v) is 6.55. The van der Waals surface area contributed by atoms with Crippen LogP contribution in [-0.4, -0.2) is 40.4 Å². The third kappa shape index (κ3) is 13.7. The summed E-state index contributed by atoms with van der Waals surface area (Å²) in [4.78, 5) is 2.63. The van der Waals surface area contributed by atoms with Crippen LogP contribution in [0.15, 0.2) is 12.7 Å². The summed E-state index contributed by atoms with van der Waals surface area (Å²) in [5.41, 5.74) is 0. The molecule has 120 valence electrons. The monoisotopic (exact) mass is 287 g/mol. The first kappa shape index (κ1) is 21.3. The fourth-order valence-electron chi connectivity index (χ4n) is 2.86. The van der Waals surface area contributed by atoms with Gasteiger partial charge < -0.3 is 0 Å². The first-order chi connectivity index (χ1) is 10.3. The van der Waals surface area contributed by atoms with Crippen LogP contribution in [0.3, 0.4) is 0 Å². The van der Waals surface area contributed by atoms with E-state index in [0.717, 1.165) is 0 Å². The van der Waals surface area contributed by atoms with Gasteiger partial charge in [0, 0.05) is 0 Å². The van der Waals surface area contributed by atoms with Gasteiger partial charge in [-0.3, -0.25) is 0 Å². The average molecular weight is 287 g/mol. The first-order valence-electron chi connectivity index (χ1n) is 9.62. The summed E-state index contributed by atoms with van der Waals surface area (Å²) in [5, 5.41) is 0. The van der Waals surface area contributed by atoms with E-state index >= 15 is 0 Å². The molecule has 0 heterocycles. The minimum atomic E-state index is 0.538. The number of unbranched alkanes of at least 4 members (excludes halogenated alkanes) is 10. The summed E-state index contributed by atoms with van der Waals surface area (Å²) < 4.78 is 0.538. The molecule has 0 radical (unpaired) electrons. The van der Waals surface area contributed by atoms with Crippen molar-refractivity contribution in [1.29, 1.82) is 0 Å². The third-order valence-electron chi connectivity index (χ3n) is 4.51. The molecule has 1 unspecified atom stereocenters. The average Bonchev–Trinajstić information content (AvgIpc) is 2.51. The van der Waals surface area contributed by atoms with E-state index in [4.69, 9.17) is 0 Å². The molecule has 1 nitrogen and oxygen atoms in total. The summed E-state index contributed by atoms with van der Waals surface area (Å²) in [7, 11) is 0. The van der Waals surface area contributed by atoms with E-state index in [1.54, 1.807) is 0 Å². The SMILES string of the molecule is [Li][CH](C=C)N(CCCCCCCC)CCCCCCCC. The Balaban J connectivity index is 3.70. The van der Waals surface area contributed by atoms with Crippen LogP contribution in [0.1, 0.15) is 90.9 Å². The van der Waals surface area contributed by atoms with Crippen LogP contribution < -0.4 is 0 Å². The zero-order chi connectivity index (χ0) is 15.8. The molecular formula is C19H38LiN. The molecule has 0 amide bonds. The van der Waals surface area contributed by atoms with Crippen LogP contribution in [0, 0.1) is 0 Å². The molecule has 1 atom stereocenters. The Labute approximate surface area is 144 Å². The Hall–Kier alpha value is 0.297. The number of hydrogen-bond donors (Lipinski definition) is 0. The molecule has 0 aromatic rings. The van der Waals surface area contributed by atoms with Gasteiger partial charge in [0.2, 0.25) is 0 Å². The van der Waals surface area contributed by atoms with Gasteiger partial charge in [-0.15, -0.1) is 0 Å². The van der Waals surface area contributed by atoms with Gasteiger partial charge in [0.15, 0.2) is 0 Å². The quantitative estimate of drug-likeness (QED) is 0.200. The molecule has 0 saturated carbocycles. The van der Waals surface area contributed by atoms with Crippen LogP contribution in [0.5, 0.6) is 0 Å². The topological polar surface area (TPSA) is 3.24 Å². The van der Waals surface area contributed by atoms with Crippen molar-refractivity contribution in [2.75, 3.05) is 13.1 Å². The summed E-state index contributed by atoms with van der Waals surface area (Å²) in [6, 6.07) is 0. The Morgan fingerprint density at radius 1 is 0.762 bits per heavy atom. The maximum atomic E-state index is 3.98. The van der Waals surface area contributed by atoms with Gasteiger partial charge in [-0.1, -0.05) is 0 Å². The van der Waals surface area contributed by atoms with Gasteiger partial charge in [0.1, 0.15) is 0 Å². The van der Waals surface area contributed by atoms with Crippen molar-refractivity contribution in [3.63, 3.8) is 0 Å². The maximum absolute atomic E-state index is 3.98. The van der Waals surface area contributed by atoms with E-state index in [1.165, 1.54) is 90.1 Å². The normalized spacial score (nSPS) is 12.8. The molecule has 21 heavy (non-hydrogen) atoms. The standard InChI is InChI=1S/C19H38N.Li/c1-4-7-9-11-13-15-18-20(17-6-3)19-16-14-12-10-8-5-2;/h6,17H,3-5,7-16,18-19H2,1-2H3;. The van der Waals surface area contributed by atoms with Crippen LogP contribution in [0.2, 0.25) is 0 Å². The molecule has 0 aromatic heterocycles. The van der Waals surface area contributed by atoms with Crippen molar-refractivity contribution in [3.05, 3.63) is 12.7 Å². The predicted octanol–water partition coefficient (Wildman–Crippen LogP) is 5.69. The number of hydrogen-bond acceptors (Lipinski definition) is 1. The molecule has 0 aromatic carbocycles. The number of rotatable bonds is 16. The first-order valence-corrected chi connectivity index (χ1v) is 9.62. The van der Waals surface area contributed by atoms with Crippen molar-refractivity contribution in [3.8, 4) is 0 Å². The molecule has 0 saturated heterocycles. The fraction of sp³-hybridized carbons (Fsp3) is 0.895. The molecule has 0 aliphatic heterocycles. The summed E-state index contributed by atoms with van der Waals surface area (Å²) in [6.07, 6.45) is 18.8. The van der Waals surface area contributed by atoms with Crippen LogP contribution >= 0.6 is 0 Å². The van der Waals surface area contributed by atoms with Gasteiger partial charge >= 0.3 is 144 Å². The third-order valence-corrected chi connectivity index (χ3v) is 4.51. The second kappa shape index (κ2) is 16.7. The van der Waals surface area contributed by atoms with E-state index < -0.39 is 0 Å². The van der Waals surface area contributed by atoms with Crippen molar-refractivity contribution < 1.29 is 0 Å². The van der Waals surface area contributed by atoms with E-state index in [9.17, 15) is 0 Å². The zero-order valence-electron chi connectivity index (χ0n) is 15.2. The molecule has 0 aliphatic rings. The van der Waals surface area contributed by atoms with E-state index in [0.29, 0.717) is 4.71 Å². The van der Waals surface area contributed by atoms with Crippen LogP contribution in [0.4, 0.5) is 0 Å². The molecular weight excluding hydrogens is 249 g/mol. The summed E-state index contributed by atoms with van der Waals surface area (Å²) in [5.74, 6) is 0. The van der Waals surface area contributed by atoms with Gasteiger partial charge in [-0.05, 0) is 0 Å². The minimum absolute atomic E-state index is 0.538. The molecule has 0 bridgehead atoms. The molecule has 0 aliphatic carbocycles. The molecule has 0 fully saturated rings. The van der Waals surface area contributed by atoms with Gasteiger partial charge in [-0.2, -0.15) is 0 Å². The molecule has 0 rings (SSSR count). The van der Waals surface area contributed by atoms with Crippen LogP contribution in [0.25, 0.3) is 0 Å². The second-order valence-electron chi connectivity index (χ2n) is 6.55. The van der Waals surface area contributed by atoms with Crippen molar-refractivity contribution in [1.82, 2.24) is 4.90 Å². The van der Waals surface area contributed by atoms with Crippen LogP contribution in [-0.2, 0) is 0 Å². The predicted molar refractivity (Wildman–Crippen MR) is 98.1 cm³/mol. The zero-order valence-corrected chi connectivity index (χ0v) is 15.2. The van der Waals surface area contributed by atoms with Gasteiger partial charge in [-0.25, -0.2) is 0 Å². The number of nitrogens with zero attached hydrogens (tertiary/aromatic N) is 1. The van der Waals surface area contributed by atoms with E-state index in [1.807, 2.05) is 0 Å². The fourth-order valence-corrected chi connectivity index (χ4v) is 2.86. The summed E-state index contributed by atoms with van der Waals surface area (Å²) in [6.45, 7) is 11.1. The summed E-state index contributed by atoms with van der Waals surface area (Å²) >= 11 is 2.29. The Bertz CT molecular complexity index is 202. The van der Waals surface area contributed by atoms with Crippen molar-refractivity contribution in [2.24, 2.45) is 0 Å². The van der Waals surface area contributed by atoms with Crippen molar-refractivity contribution in [2.45, 2.75) is 95.6 Å². The van der Waals surface area contributed by atoms with Gasteiger partial charge in [0.05, 0.1) is 0 Å².